The zero-order valence-electron chi connectivity index (χ0n) is 16.1. The van der Waals surface area contributed by atoms with E-state index in [0.717, 1.165) is 25.2 Å². The van der Waals surface area contributed by atoms with Crippen molar-refractivity contribution in [1.29, 1.82) is 0 Å². The molecular weight excluding hydrogens is 330 g/mol. The van der Waals surface area contributed by atoms with Gasteiger partial charge in [-0.3, -0.25) is 9.69 Å². The fraction of sp³-hybridized carbons (Fsp3) is 0.550. The molecule has 0 saturated carbocycles. The van der Waals surface area contributed by atoms with Crippen LogP contribution in [0.3, 0.4) is 0 Å². The van der Waals surface area contributed by atoms with Crippen LogP contribution in [0.15, 0.2) is 30.5 Å². The van der Waals surface area contributed by atoms with Crippen molar-refractivity contribution in [3.8, 4) is 0 Å². The van der Waals surface area contributed by atoms with Crippen molar-refractivity contribution in [2.24, 2.45) is 0 Å². The predicted octanol–water partition coefficient (Wildman–Crippen LogP) is 2.25. The summed E-state index contributed by atoms with van der Waals surface area (Å²) in [6.45, 7) is 7.25. The number of aromatic amines is 1. The van der Waals surface area contributed by atoms with Crippen LogP contribution in [0.25, 0.3) is 10.9 Å². The van der Waals surface area contributed by atoms with Crippen LogP contribution in [-0.4, -0.2) is 72.8 Å². The second-order valence-corrected chi connectivity index (χ2v) is 7.83. The highest BCUT2D eigenvalue weighted by Crippen LogP contribution is 2.25. The van der Waals surface area contributed by atoms with Crippen molar-refractivity contribution < 1.29 is 14.3 Å². The van der Waals surface area contributed by atoms with Gasteiger partial charge in [-0.05, 0) is 31.5 Å². The Kier molecular flexibility index (Phi) is 5.65. The lowest BCUT2D eigenvalue weighted by molar-refractivity contribution is -0.161. The summed E-state index contributed by atoms with van der Waals surface area (Å²) in [5.41, 5.74) is 2.23. The third kappa shape index (κ3) is 4.63. The van der Waals surface area contributed by atoms with Crippen molar-refractivity contribution >= 4 is 16.8 Å². The fourth-order valence-electron chi connectivity index (χ4n) is 3.56. The van der Waals surface area contributed by atoms with Crippen molar-refractivity contribution in [3.63, 3.8) is 0 Å². The molecule has 1 aliphatic heterocycles. The van der Waals surface area contributed by atoms with Gasteiger partial charge in [0.15, 0.2) is 0 Å². The average Bonchev–Trinajstić information content (AvgIpc) is 3.03. The molecule has 1 saturated heterocycles. The normalized spacial score (nSPS) is 20.4. The minimum atomic E-state index is -0.246. The number of amides is 1. The molecule has 0 radical (unpaired) electrons. The zero-order chi connectivity index (χ0) is 18.7. The van der Waals surface area contributed by atoms with Crippen LogP contribution in [0.5, 0.6) is 0 Å². The highest BCUT2D eigenvalue weighted by atomic mass is 16.5. The summed E-state index contributed by atoms with van der Waals surface area (Å²) in [5, 5.41) is 1.26. The lowest BCUT2D eigenvalue weighted by atomic mass is 10.0. The molecule has 0 unspecified atom stereocenters. The first-order valence-corrected chi connectivity index (χ1v) is 9.07. The van der Waals surface area contributed by atoms with Crippen molar-refractivity contribution in [2.75, 3.05) is 40.4 Å². The molecule has 1 amide bonds. The standard InChI is InChI=1S/C20H29N3O3/c1-20(2)14-23(10-15-6-5-7-18-17(15)8-9-21-18)11-16(26-20)12-25-13-19(24)22(3)4/h5-9,16,21H,10-14H2,1-4H3/t16-/m1/s1. The van der Waals surface area contributed by atoms with Gasteiger partial charge < -0.3 is 19.4 Å². The molecule has 1 N–H and O–H groups in total. The Bertz CT molecular complexity index is 754. The van der Waals surface area contributed by atoms with E-state index in [1.807, 2.05) is 6.20 Å². The number of morpholine rings is 1. The summed E-state index contributed by atoms with van der Waals surface area (Å²) in [6.07, 6.45) is 1.94. The summed E-state index contributed by atoms with van der Waals surface area (Å²) in [4.78, 5) is 18.9. The van der Waals surface area contributed by atoms with E-state index in [-0.39, 0.29) is 24.2 Å². The number of carbonyl (C=O) groups is 1. The second kappa shape index (κ2) is 7.78. The first kappa shape index (κ1) is 18.9. The predicted molar refractivity (Wildman–Crippen MR) is 102 cm³/mol. The van der Waals surface area contributed by atoms with Crippen LogP contribution >= 0.6 is 0 Å². The molecular formula is C20H29N3O3. The largest absolute Gasteiger partial charge is 0.369 e. The van der Waals surface area contributed by atoms with Gasteiger partial charge in [0.2, 0.25) is 5.91 Å². The van der Waals surface area contributed by atoms with Gasteiger partial charge in [-0.25, -0.2) is 0 Å². The molecule has 0 spiro atoms. The Labute approximate surface area is 155 Å². The van der Waals surface area contributed by atoms with Gasteiger partial charge >= 0.3 is 0 Å². The number of nitrogens with one attached hydrogen (secondary N) is 1. The van der Waals surface area contributed by atoms with Crippen molar-refractivity contribution in [2.45, 2.75) is 32.1 Å². The molecule has 142 valence electrons. The van der Waals surface area contributed by atoms with Gasteiger partial charge in [0.25, 0.3) is 0 Å². The summed E-state index contributed by atoms with van der Waals surface area (Å²) in [6, 6.07) is 8.50. The summed E-state index contributed by atoms with van der Waals surface area (Å²) in [7, 11) is 3.46. The molecule has 2 heterocycles. The molecule has 0 bridgehead atoms. The minimum Gasteiger partial charge on any atom is -0.369 e. The van der Waals surface area contributed by atoms with E-state index in [1.165, 1.54) is 15.8 Å². The van der Waals surface area contributed by atoms with Crippen LogP contribution in [0.1, 0.15) is 19.4 Å². The maximum Gasteiger partial charge on any atom is 0.248 e. The topological polar surface area (TPSA) is 57.8 Å². The van der Waals surface area contributed by atoms with E-state index in [1.54, 1.807) is 14.1 Å². The lowest BCUT2D eigenvalue weighted by Gasteiger charge is -2.42. The first-order chi connectivity index (χ1) is 12.3. The van der Waals surface area contributed by atoms with E-state index in [0.29, 0.717) is 6.61 Å². The molecule has 1 aromatic carbocycles. The van der Waals surface area contributed by atoms with E-state index in [9.17, 15) is 4.79 Å². The molecule has 2 aromatic rings. The fourth-order valence-corrected chi connectivity index (χ4v) is 3.56. The highest BCUT2D eigenvalue weighted by Gasteiger charge is 2.33. The van der Waals surface area contributed by atoms with Crippen LogP contribution in [0.4, 0.5) is 0 Å². The molecule has 1 aromatic heterocycles. The van der Waals surface area contributed by atoms with Crippen LogP contribution in [0, 0.1) is 0 Å². The van der Waals surface area contributed by atoms with Crippen LogP contribution in [-0.2, 0) is 20.8 Å². The van der Waals surface area contributed by atoms with Gasteiger partial charge in [0.1, 0.15) is 6.61 Å². The summed E-state index contributed by atoms with van der Waals surface area (Å²) in [5.74, 6) is -0.0314. The Morgan fingerprint density at radius 2 is 2.19 bits per heavy atom. The molecule has 26 heavy (non-hydrogen) atoms. The number of ether oxygens (including phenoxy) is 2. The smallest absolute Gasteiger partial charge is 0.248 e. The lowest BCUT2D eigenvalue weighted by Crippen LogP contribution is -2.53. The SMILES string of the molecule is CN(C)C(=O)COC[C@H]1CN(Cc2cccc3[nH]ccc23)CC(C)(C)O1. The van der Waals surface area contributed by atoms with E-state index >= 15 is 0 Å². The third-order valence-corrected chi connectivity index (χ3v) is 4.66. The van der Waals surface area contributed by atoms with Crippen LogP contribution in [0.2, 0.25) is 0 Å². The van der Waals surface area contributed by atoms with Gasteiger partial charge in [0.05, 0.1) is 18.3 Å². The van der Waals surface area contributed by atoms with E-state index < -0.39 is 0 Å². The maximum absolute atomic E-state index is 11.7. The Morgan fingerprint density at radius 1 is 1.38 bits per heavy atom. The quantitative estimate of drug-likeness (QED) is 0.859. The molecule has 3 rings (SSSR count). The third-order valence-electron chi connectivity index (χ3n) is 4.66. The monoisotopic (exact) mass is 359 g/mol. The number of likely N-dealkylation sites (N-methyl/N-ethyl adjacent to an activating group) is 1. The number of rotatable bonds is 6. The number of H-pyrrole nitrogens is 1. The average molecular weight is 359 g/mol. The molecule has 1 aliphatic rings. The van der Waals surface area contributed by atoms with Crippen LogP contribution < -0.4 is 0 Å². The number of fused-ring (bicyclic) bond motifs is 1. The van der Waals surface area contributed by atoms with Gasteiger partial charge in [-0.15, -0.1) is 0 Å². The number of benzene rings is 1. The maximum atomic E-state index is 11.7. The number of nitrogens with zero attached hydrogens (tertiary/aromatic N) is 2. The summed E-state index contributed by atoms with van der Waals surface area (Å²) >= 11 is 0. The van der Waals surface area contributed by atoms with E-state index in [2.05, 4.69) is 48.0 Å². The Morgan fingerprint density at radius 3 is 2.96 bits per heavy atom. The van der Waals surface area contributed by atoms with Gasteiger partial charge in [-0.1, -0.05) is 12.1 Å². The molecule has 6 heteroatoms. The molecule has 0 aliphatic carbocycles. The molecule has 6 nitrogen and oxygen atoms in total. The number of carbonyl (C=O) groups excluding carboxylic acids is 1. The molecule has 1 fully saturated rings. The summed E-state index contributed by atoms with van der Waals surface area (Å²) < 4.78 is 11.8. The first-order valence-electron chi connectivity index (χ1n) is 9.07. The van der Waals surface area contributed by atoms with Gasteiger partial charge in [0, 0.05) is 50.8 Å². The zero-order valence-corrected chi connectivity index (χ0v) is 16.1. The second-order valence-electron chi connectivity index (χ2n) is 7.83. The number of aromatic nitrogens is 1. The number of hydrogen-bond acceptors (Lipinski definition) is 4. The molecule has 1 atom stereocenters. The van der Waals surface area contributed by atoms with Crippen molar-refractivity contribution in [1.82, 2.24) is 14.8 Å². The highest BCUT2D eigenvalue weighted by molar-refractivity contribution is 5.82. The number of hydrogen-bond donors (Lipinski definition) is 1. The van der Waals surface area contributed by atoms with Gasteiger partial charge in [-0.2, -0.15) is 0 Å². The minimum absolute atomic E-state index is 0.0314. The Hall–Kier alpha value is -1.89. The van der Waals surface area contributed by atoms with E-state index in [4.69, 9.17) is 9.47 Å². The Balaban J connectivity index is 1.62. The van der Waals surface area contributed by atoms with Crippen molar-refractivity contribution in [3.05, 3.63) is 36.0 Å².